The van der Waals surface area contributed by atoms with Gasteiger partial charge in [-0.15, -0.1) is 0 Å². The summed E-state index contributed by atoms with van der Waals surface area (Å²) in [5.41, 5.74) is 0.597. The minimum atomic E-state index is -0.571. The summed E-state index contributed by atoms with van der Waals surface area (Å²) in [5, 5.41) is 5.73. The molecule has 6 heteroatoms. The largest absolute Gasteiger partial charge is 0.381 e. The number of hydrogen-bond donors (Lipinski definition) is 3. The third-order valence-electron chi connectivity index (χ3n) is 5.67. The van der Waals surface area contributed by atoms with Crippen LogP contribution in [0.5, 0.6) is 0 Å². The van der Waals surface area contributed by atoms with E-state index in [1.807, 2.05) is 30.3 Å². The lowest BCUT2D eigenvalue weighted by molar-refractivity contribution is -0.138. The Labute approximate surface area is 168 Å². The molecule has 2 rings (SSSR count). The summed E-state index contributed by atoms with van der Waals surface area (Å²) in [4.78, 5) is 25.7. The number of likely N-dealkylation sites (N-methyl/N-ethyl adjacent to an activating group) is 1. The molecule has 1 aromatic rings. The van der Waals surface area contributed by atoms with Gasteiger partial charge in [-0.05, 0) is 49.8 Å². The average molecular weight is 393 g/mol. The van der Waals surface area contributed by atoms with Crippen molar-refractivity contribution < 1.29 is 14.3 Å². The van der Waals surface area contributed by atoms with Crippen LogP contribution < -0.4 is 10.6 Å². The van der Waals surface area contributed by atoms with E-state index in [9.17, 15) is 9.59 Å². The van der Waals surface area contributed by atoms with E-state index in [0.717, 1.165) is 49.8 Å². The van der Waals surface area contributed by atoms with Crippen LogP contribution >= 0.6 is 12.6 Å². The maximum absolute atomic E-state index is 13.3. The summed E-state index contributed by atoms with van der Waals surface area (Å²) < 4.78 is 5.47. The number of amides is 2. The van der Waals surface area contributed by atoms with Gasteiger partial charge in [-0.3, -0.25) is 9.59 Å². The van der Waals surface area contributed by atoms with Gasteiger partial charge in [0.1, 0.15) is 6.04 Å². The van der Waals surface area contributed by atoms with Crippen molar-refractivity contribution in [2.24, 2.45) is 5.41 Å². The summed E-state index contributed by atoms with van der Waals surface area (Å²) in [6, 6.07) is 9.21. The Morgan fingerprint density at radius 3 is 2.48 bits per heavy atom. The zero-order chi connectivity index (χ0) is 19.7. The van der Waals surface area contributed by atoms with Crippen LogP contribution in [0.1, 0.15) is 44.1 Å². The average Bonchev–Trinajstić information content (AvgIpc) is 2.72. The molecule has 150 valence electrons. The molecule has 0 saturated heterocycles. The van der Waals surface area contributed by atoms with Gasteiger partial charge >= 0.3 is 0 Å². The van der Waals surface area contributed by atoms with Crippen molar-refractivity contribution in [3.8, 4) is 0 Å². The van der Waals surface area contributed by atoms with E-state index in [1.165, 1.54) is 0 Å². The second kappa shape index (κ2) is 10.7. The topological polar surface area (TPSA) is 67.4 Å². The third-order valence-corrected chi connectivity index (χ3v) is 5.99. The molecule has 0 aliphatic heterocycles. The van der Waals surface area contributed by atoms with Gasteiger partial charge in [0.25, 0.3) is 0 Å². The van der Waals surface area contributed by atoms with Crippen molar-refractivity contribution in [2.75, 3.05) is 19.9 Å². The molecule has 2 amide bonds. The summed E-state index contributed by atoms with van der Waals surface area (Å²) in [5.74, 6) is 0.580. The van der Waals surface area contributed by atoms with Crippen LogP contribution in [0.3, 0.4) is 0 Å². The van der Waals surface area contributed by atoms with Crippen LogP contribution in [0.15, 0.2) is 30.3 Å². The number of methoxy groups -OCH3 is 1. The molecule has 1 aromatic carbocycles. The molecule has 0 bridgehead atoms. The van der Waals surface area contributed by atoms with E-state index < -0.39 is 11.5 Å². The maximum atomic E-state index is 13.3. The normalized spacial score (nSPS) is 23.4. The molecule has 0 radical (unpaired) electrons. The number of rotatable bonds is 9. The molecule has 5 nitrogen and oxygen atoms in total. The van der Waals surface area contributed by atoms with E-state index in [0.29, 0.717) is 6.42 Å². The van der Waals surface area contributed by atoms with Gasteiger partial charge < -0.3 is 15.4 Å². The van der Waals surface area contributed by atoms with E-state index in [2.05, 4.69) is 23.3 Å². The first kappa shape index (κ1) is 21.8. The summed E-state index contributed by atoms with van der Waals surface area (Å²) in [6.07, 6.45) is 5.71. The maximum Gasteiger partial charge on any atom is 0.242 e. The van der Waals surface area contributed by atoms with E-state index in [1.54, 1.807) is 14.2 Å². The molecule has 0 aromatic heterocycles. The summed E-state index contributed by atoms with van der Waals surface area (Å²) in [6.45, 7) is 0. The Bertz CT molecular complexity index is 601. The lowest BCUT2D eigenvalue weighted by Crippen LogP contribution is -2.53. The Morgan fingerprint density at radius 2 is 1.93 bits per heavy atom. The first-order chi connectivity index (χ1) is 13.0. The highest BCUT2D eigenvalue weighted by Gasteiger charge is 2.42. The predicted octanol–water partition coefficient (Wildman–Crippen LogP) is 2.75. The summed E-state index contributed by atoms with van der Waals surface area (Å²) >= 11 is 4.33. The zero-order valence-electron chi connectivity index (χ0n) is 16.4. The monoisotopic (exact) mass is 392 g/mol. The van der Waals surface area contributed by atoms with Crippen molar-refractivity contribution in [3.63, 3.8) is 0 Å². The molecule has 1 aliphatic rings. The van der Waals surface area contributed by atoms with E-state index in [-0.39, 0.29) is 17.9 Å². The highest BCUT2D eigenvalue weighted by Crippen LogP contribution is 2.41. The van der Waals surface area contributed by atoms with E-state index in [4.69, 9.17) is 4.74 Å². The minimum Gasteiger partial charge on any atom is -0.381 e. The molecular formula is C21H32N2O3S. The predicted molar refractivity (Wildman–Crippen MR) is 111 cm³/mol. The number of nitrogens with one attached hydrogen (secondary N) is 2. The zero-order valence-corrected chi connectivity index (χ0v) is 17.3. The number of hydrogen-bond acceptors (Lipinski definition) is 4. The number of carbonyl (C=O) groups excluding carboxylic acids is 2. The molecule has 1 atom stereocenters. The molecule has 1 fully saturated rings. The van der Waals surface area contributed by atoms with Crippen molar-refractivity contribution in [3.05, 3.63) is 35.9 Å². The Morgan fingerprint density at radius 1 is 1.26 bits per heavy atom. The lowest BCUT2D eigenvalue weighted by atomic mass is 9.69. The smallest absolute Gasteiger partial charge is 0.242 e. The highest BCUT2D eigenvalue weighted by atomic mass is 32.1. The number of ether oxygens (including phenoxy) is 1. The van der Waals surface area contributed by atoms with Gasteiger partial charge in [-0.1, -0.05) is 30.3 Å². The standard InChI is InChI=1S/C21H32N2O3S/c1-22-19(24)18(15-16-7-4-3-5-8-16)23-20(25)21(11-6-14-27)12-9-17(26-2)10-13-21/h3-5,7-8,17-18,27H,6,9-15H2,1-2H3,(H,22,24)(H,23,25)/t17?,18-,21?/m0/s1. The first-order valence-electron chi connectivity index (χ1n) is 9.75. The first-order valence-corrected chi connectivity index (χ1v) is 10.4. The van der Waals surface area contributed by atoms with Crippen molar-refractivity contribution in [2.45, 2.75) is 57.1 Å². The van der Waals surface area contributed by atoms with Gasteiger partial charge in [0.05, 0.1) is 6.10 Å². The second-order valence-electron chi connectivity index (χ2n) is 7.37. The molecule has 27 heavy (non-hydrogen) atoms. The fraction of sp³-hybridized carbons (Fsp3) is 0.619. The number of thiol groups is 1. The SMILES string of the molecule is CNC(=O)[C@H](Cc1ccccc1)NC(=O)C1(CCCS)CCC(OC)CC1. The Hall–Kier alpha value is -1.53. The highest BCUT2D eigenvalue weighted by molar-refractivity contribution is 7.80. The molecule has 0 unspecified atom stereocenters. The van der Waals surface area contributed by atoms with Crippen LogP contribution in [0.2, 0.25) is 0 Å². The number of benzene rings is 1. The van der Waals surface area contributed by atoms with Crippen LogP contribution in [0.4, 0.5) is 0 Å². The van der Waals surface area contributed by atoms with Gasteiger partial charge in [0.15, 0.2) is 0 Å². The van der Waals surface area contributed by atoms with Crippen LogP contribution in [0, 0.1) is 5.41 Å². The fourth-order valence-electron chi connectivity index (χ4n) is 3.93. The lowest BCUT2D eigenvalue weighted by Gasteiger charge is -2.39. The molecule has 0 spiro atoms. The summed E-state index contributed by atoms with van der Waals surface area (Å²) in [7, 11) is 3.33. The minimum absolute atomic E-state index is 0.0108. The molecular weight excluding hydrogens is 360 g/mol. The van der Waals surface area contributed by atoms with Crippen LogP contribution in [-0.4, -0.2) is 43.9 Å². The van der Waals surface area contributed by atoms with Crippen LogP contribution in [0.25, 0.3) is 0 Å². The Balaban J connectivity index is 2.12. The Kier molecular flexibility index (Phi) is 8.64. The van der Waals surface area contributed by atoms with Gasteiger partial charge in [-0.2, -0.15) is 12.6 Å². The van der Waals surface area contributed by atoms with Gasteiger partial charge in [-0.25, -0.2) is 0 Å². The third kappa shape index (κ3) is 5.98. The second-order valence-corrected chi connectivity index (χ2v) is 7.82. The number of carbonyl (C=O) groups is 2. The van der Waals surface area contributed by atoms with Crippen molar-refractivity contribution in [1.82, 2.24) is 10.6 Å². The molecule has 1 aliphatic carbocycles. The van der Waals surface area contributed by atoms with Crippen molar-refractivity contribution in [1.29, 1.82) is 0 Å². The van der Waals surface area contributed by atoms with Gasteiger partial charge in [0, 0.05) is 26.0 Å². The van der Waals surface area contributed by atoms with E-state index >= 15 is 0 Å². The molecule has 2 N–H and O–H groups in total. The van der Waals surface area contributed by atoms with Crippen LogP contribution in [-0.2, 0) is 20.7 Å². The fourth-order valence-corrected chi connectivity index (χ4v) is 4.09. The van der Waals surface area contributed by atoms with Gasteiger partial charge in [0.2, 0.25) is 11.8 Å². The van der Waals surface area contributed by atoms with Crippen molar-refractivity contribution >= 4 is 24.4 Å². The molecule has 0 heterocycles. The molecule has 1 saturated carbocycles. The quantitative estimate of drug-likeness (QED) is 0.566.